The number of nitrogens with one attached hydrogen (secondary N) is 1. The second-order valence-electron chi connectivity index (χ2n) is 4.67. The van der Waals surface area contributed by atoms with Gasteiger partial charge in [-0.1, -0.05) is 23.7 Å². The van der Waals surface area contributed by atoms with Crippen LogP contribution >= 0.6 is 11.6 Å². The zero-order valence-corrected chi connectivity index (χ0v) is 11.9. The van der Waals surface area contributed by atoms with Crippen LogP contribution in [0, 0.1) is 0 Å². The van der Waals surface area contributed by atoms with Gasteiger partial charge in [-0.3, -0.25) is 4.79 Å². The van der Waals surface area contributed by atoms with Crippen molar-refractivity contribution in [3.63, 3.8) is 0 Å². The maximum Gasteiger partial charge on any atom is 0.251 e. The van der Waals surface area contributed by atoms with E-state index in [1.807, 2.05) is 24.3 Å². The number of hydrogen-bond acceptors (Lipinski definition) is 3. The first-order chi connectivity index (χ1) is 10.2. The van der Waals surface area contributed by atoms with Gasteiger partial charge in [-0.15, -0.1) is 0 Å². The van der Waals surface area contributed by atoms with Gasteiger partial charge in [-0.2, -0.15) is 0 Å². The molecule has 3 rings (SSSR count). The minimum atomic E-state index is -0.117. The molecule has 1 amide bonds. The third-order valence-electron chi connectivity index (χ3n) is 3.21. The van der Waals surface area contributed by atoms with Crippen molar-refractivity contribution in [2.75, 3.05) is 6.54 Å². The lowest BCUT2D eigenvalue weighted by molar-refractivity contribution is 0.0954. The van der Waals surface area contributed by atoms with Gasteiger partial charge in [0.15, 0.2) is 12.0 Å². The van der Waals surface area contributed by atoms with E-state index in [1.54, 1.807) is 18.2 Å². The van der Waals surface area contributed by atoms with Gasteiger partial charge >= 0.3 is 0 Å². The fraction of sp³-hybridized carbons (Fsp3) is 0.125. The Labute approximate surface area is 126 Å². The number of hydrogen-bond donors (Lipinski definition) is 1. The van der Waals surface area contributed by atoms with Gasteiger partial charge in [-0.05, 0) is 42.3 Å². The number of amides is 1. The van der Waals surface area contributed by atoms with Crippen LogP contribution in [0.2, 0.25) is 5.02 Å². The molecule has 0 aliphatic rings. The molecular formula is C16H13ClN2O2. The molecule has 1 heterocycles. The predicted molar refractivity (Wildman–Crippen MR) is 81.5 cm³/mol. The highest BCUT2D eigenvalue weighted by atomic mass is 35.5. The molecule has 0 saturated carbocycles. The van der Waals surface area contributed by atoms with Crippen LogP contribution in [0.3, 0.4) is 0 Å². The number of halogens is 1. The number of nitrogens with zero attached hydrogens (tertiary/aromatic N) is 1. The van der Waals surface area contributed by atoms with Crippen LogP contribution in [0.1, 0.15) is 15.9 Å². The Morgan fingerprint density at radius 1 is 1.19 bits per heavy atom. The lowest BCUT2D eigenvalue weighted by atomic mass is 10.1. The summed E-state index contributed by atoms with van der Waals surface area (Å²) in [4.78, 5) is 16.1. The van der Waals surface area contributed by atoms with E-state index in [0.717, 1.165) is 12.0 Å². The Bertz CT molecular complexity index is 765. The van der Waals surface area contributed by atoms with Crippen molar-refractivity contribution in [1.82, 2.24) is 10.3 Å². The molecule has 1 N–H and O–H groups in total. The van der Waals surface area contributed by atoms with Gasteiger partial charge in [0.25, 0.3) is 5.91 Å². The number of rotatable bonds is 4. The van der Waals surface area contributed by atoms with Gasteiger partial charge in [0.2, 0.25) is 0 Å². The number of fused-ring (bicyclic) bond motifs is 1. The molecule has 4 nitrogen and oxygen atoms in total. The minimum Gasteiger partial charge on any atom is -0.443 e. The van der Waals surface area contributed by atoms with E-state index < -0.39 is 0 Å². The van der Waals surface area contributed by atoms with Crippen molar-refractivity contribution in [2.24, 2.45) is 0 Å². The van der Waals surface area contributed by atoms with Crippen LogP contribution in [0.4, 0.5) is 0 Å². The highest BCUT2D eigenvalue weighted by Crippen LogP contribution is 2.14. The highest BCUT2D eigenvalue weighted by molar-refractivity contribution is 6.30. The van der Waals surface area contributed by atoms with Crippen molar-refractivity contribution < 1.29 is 9.21 Å². The van der Waals surface area contributed by atoms with Crippen LogP contribution in [0.15, 0.2) is 53.3 Å². The Morgan fingerprint density at radius 3 is 2.81 bits per heavy atom. The number of benzene rings is 2. The first kappa shape index (κ1) is 13.6. The van der Waals surface area contributed by atoms with Gasteiger partial charge in [-0.25, -0.2) is 4.98 Å². The molecule has 0 spiro atoms. The summed E-state index contributed by atoms with van der Waals surface area (Å²) in [5, 5.41) is 3.60. The maximum atomic E-state index is 12.1. The molecule has 5 heteroatoms. The molecule has 0 fully saturated rings. The van der Waals surface area contributed by atoms with Crippen LogP contribution in [-0.2, 0) is 6.42 Å². The zero-order valence-electron chi connectivity index (χ0n) is 11.2. The summed E-state index contributed by atoms with van der Waals surface area (Å²) >= 11 is 5.83. The zero-order chi connectivity index (χ0) is 14.7. The maximum absolute atomic E-state index is 12.1. The van der Waals surface area contributed by atoms with Crippen LogP contribution in [0.5, 0.6) is 0 Å². The smallest absolute Gasteiger partial charge is 0.251 e. The lowest BCUT2D eigenvalue weighted by Gasteiger charge is -2.05. The summed E-state index contributed by atoms with van der Waals surface area (Å²) in [5.74, 6) is -0.117. The molecule has 0 bridgehead atoms. The SMILES string of the molecule is O=C(NCCc1ccc(Cl)cc1)c1ccc2ocnc2c1. The van der Waals surface area contributed by atoms with E-state index in [1.165, 1.54) is 6.39 Å². The van der Waals surface area contributed by atoms with E-state index in [9.17, 15) is 4.79 Å². The van der Waals surface area contributed by atoms with Gasteiger partial charge in [0.05, 0.1) is 0 Å². The molecule has 0 aliphatic carbocycles. The molecule has 1 aromatic heterocycles. The second-order valence-corrected chi connectivity index (χ2v) is 5.10. The molecule has 106 valence electrons. The van der Waals surface area contributed by atoms with Gasteiger partial charge in [0, 0.05) is 17.1 Å². The average Bonchev–Trinajstić information content (AvgIpc) is 2.96. The molecule has 3 aromatic rings. The summed E-state index contributed by atoms with van der Waals surface area (Å²) in [6.07, 6.45) is 2.13. The highest BCUT2D eigenvalue weighted by Gasteiger charge is 2.07. The number of oxazole rings is 1. The molecule has 0 aliphatic heterocycles. The normalized spacial score (nSPS) is 10.7. The third kappa shape index (κ3) is 3.23. The number of aromatic nitrogens is 1. The van der Waals surface area contributed by atoms with Crippen LogP contribution < -0.4 is 5.32 Å². The van der Waals surface area contributed by atoms with Crippen LogP contribution in [-0.4, -0.2) is 17.4 Å². The van der Waals surface area contributed by atoms with E-state index in [4.69, 9.17) is 16.0 Å². The summed E-state index contributed by atoms with van der Waals surface area (Å²) in [5.41, 5.74) is 3.06. The van der Waals surface area contributed by atoms with Crippen molar-refractivity contribution >= 4 is 28.6 Å². The van der Waals surface area contributed by atoms with E-state index in [0.29, 0.717) is 28.2 Å². The van der Waals surface area contributed by atoms with Crippen molar-refractivity contribution in [3.8, 4) is 0 Å². The number of carbonyl (C=O) groups excluding carboxylic acids is 1. The molecule has 0 unspecified atom stereocenters. The first-order valence-corrected chi connectivity index (χ1v) is 6.96. The van der Waals surface area contributed by atoms with E-state index in [-0.39, 0.29) is 5.91 Å². The van der Waals surface area contributed by atoms with E-state index in [2.05, 4.69) is 10.3 Å². The molecule has 0 radical (unpaired) electrons. The molecule has 2 aromatic carbocycles. The Hall–Kier alpha value is -2.33. The fourth-order valence-electron chi connectivity index (χ4n) is 2.07. The standard InChI is InChI=1S/C16H13ClN2O2/c17-13-4-1-11(2-5-13)7-8-18-16(20)12-3-6-15-14(9-12)19-10-21-15/h1-6,9-10H,7-8H2,(H,18,20). The molecule has 0 saturated heterocycles. The van der Waals surface area contributed by atoms with Gasteiger partial charge in [0.1, 0.15) is 5.52 Å². The van der Waals surface area contributed by atoms with Gasteiger partial charge < -0.3 is 9.73 Å². The third-order valence-corrected chi connectivity index (χ3v) is 3.46. The summed E-state index contributed by atoms with van der Waals surface area (Å²) in [7, 11) is 0. The van der Waals surface area contributed by atoms with Crippen LogP contribution in [0.25, 0.3) is 11.1 Å². The average molecular weight is 301 g/mol. The van der Waals surface area contributed by atoms with Crippen molar-refractivity contribution in [3.05, 3.63) is 65.0 Å². The molecule has 0 atom stereocenters. The predicted octanol–water partition coefficient (Wildman–Crippen LogP) is 3.45. The summed E-state index contributed by atoms with van der Waals surface area (Å²) < 4.78 is 5.15. The Morgan fingerprint density at radius 2 is 2.00 bits per heavy atom. The Balaban J connectivity index is 1.59. The minimum absolute atomic E-state index is 0.117. The summed E-state index contributed by atoms with van der Waals surface area (Å²) in [6.45, 7) is 0.567. The first-order valence-electron chi connectivity index (χ1n) is 6.58. The number of carbonyl (C=O) groups is 1. The summed E-state index contributed by atoms with van der Waals surface area (Å²) in [6, 6.07) is 12.8. The second kappa shape index (κ2) is 5.97. The fourth-order valence-corrected chi connectivity index (χ4v) is 2.20. The largest absolute Gasteiger partial charge is 0.443 e. The molecular weight excluding hydrogens is 288 g/mol. The quantitative estimate of drug-likeness (QED) is 0.803. The Kier molecular flexibility index (Phi) is 3.88. The van der Waals surface area contributed by atoms with Crippen molar-refractivity contribution in [2.45, 2.75) is 6.42 Å². The van der Waals surface area contributed by atoms with E-state index >= 15 is 0 Å². The molecule has 21 heavy (non-hydrogen) atoms. The lowest BCUT2D eigenvalue weighted by Crippen LogP contribution is -2.25. The van der Waals surface area contributed by atoms with Crippen molar-refractivity contribution in [1.29, 1.82) is 0 Å². The monoisotopic (exact) mass is 300 g/mol. The topological polar surface area (TPSA) is 55.1 Å².